The monoisotopic (exact) mass is 136 g/mol. The molecule has 0 aliphatic carbocycles. The van der Waals surface area contributed by atoms with Gasteiger partial charge >= 0.3 is 0 Å². The van der Waals surface area contributed by atoms with E-state index < -0.39 is 6.49 Å². The van der Waals surface area contributed by atoms with E-state index in [1.807, 2.05) is 0 Å². The number of halogens is 1. The Morgan fingerprint density at radius 2 is 1.71 bits per heavy atom. The molecule has 0 aromatic carbocycles. The Labute approximate surface area is 47.8 Å². The maximum atomic E-state index is 10.5. The Hall–Kier alpha value is -0.0000000000000000555. The van der Waals surface area contributed by atoms with Crippen LogP contribution in [0.1, 0.15) is 0 Å². The van der Waals surface area contributed by atoms with Gasteiger partial charge in [-0.3, -0.25) is 4.57 Å². The summed E-state index contributed by atoms with van der Waals surface area (Å²) in [6.07, 6.45) is 0. The van der Waals surface area contributed by atoms with Crippen LogP contribution in [-0.2, 0) is 4.57 Å². The highest BCUT2D eigenvalue weighted by atomic mass is 35.7. The molecule has 0 saturated carbocycles. The van der Waals surface area contributed by atoms with Crippen molar-refractivity contribution < 1.29 is 4.57 Å². The van der Waals surface area contributed by atoms with Gasteiger partial charge in [0.25, 0.3) is 0 Å². The standard InChI is InChI=1S/C4H6ClOP/c1-3-7(5,6)4-2/h3-4H,1-2H2. The molecule has 0 heterocycles. The van der Waals surface area contributed by atoms with Crippen LogP contribution in [0.4, 0.5) is 0 Å². The molecule has 0 saturated heterocycles. The summed E-state index contributed by atoms with van der Waals surface area (Å²) >= 11 is 5.22. The molecule has 0 spiro atoms. The molecule has 0 rings (SSSR count). The largest absolute Gasteiger partial charge is 0.298 e. The summed E-state index contributed by atoms with van der Waals surface area (Å²) < 4.78 is 10.5. The van der Waals surface area contributed by atoms with E-state index in [9.17, 15) is 4.57 Å². The van der Waals surface area contributed by atoms with Crippen molar-refractivity contribution in [2.75, 3.05) is 0 Å². The molecule has 0 bridgehead atoms. The molecule has 3 heteroatoms. The van der Waals surface area contributed by atoms with Gasteiger partial charge in [0.1, 0.15) is 0 Å². The Balaban J connectivity index is 4.13. The minimum Gasteiger partial charge on any atom is -0.298 e. The molecule has 0 fully saturated rings. The summed E-state index contributed by atoms with van der Waals surface area (Å²) in [6, 6.07) is 0. The lowest BCUT2D eigenvalue weighted by Gasteiger charge is -1.89. The first-order chi connectivity index (χ1) is 3.12. The van der Waals surface area contributed by atoms with Gasteiger partial charge in [0.2, 0.25) is 6.49 Å². The summed E-state index contributed by atoms with van der Waals surface area (Å²) in [5.74, 6) is 2.39. The lowest BCUT2D eigenvalue weighted by Crippen LogP contribution is -1.48. The van der Waals surface area contributed by atoms with E-state index in [0.29, 0.717) is 0 Å². The molecule has 7 heavy (non-hydrogen) atoms. The van der Waals surface area contributed by atoms with Crippen LogP contribution < -0.4 is 0 Å². The van der Waals surface area contributed by atoms with E-state index in [4.69, 9.17) is 11.2 Å². The Kier molecular flexibility index (Phi) is 2.34. The maximum Gasteiger partial charge on any atom is 0.210 e. The van der Waals surface area contributed by atoms with Gasteiger partial charge in [-0.05, 0) is 22.9 Å². The van der Waals surface area contributed by atoms with E-state index >= 15 is 0 Å². The third-order valence-electron chi connectivity index (χ3n) is 0.498. The van der Waals surface area contributed by atoms with Gasteiger partial charge in [0.15, 0.2) is 0 Å². The molecule has 0 unspecified atom stereocenters. The molecule has 1 nitrogen and oxygen atoms in total. The first-order valence-electron chi connectivity index (χ1n) is 1.68. The Morgan fingerprint density at radius 1 is 1.43 bits per heavy atom. The van der Waals surface area contributed by atoms with Crippen LogP contribution in [0.25, 0.3) is 0 Å². The first kappa shape index (κ1) is 7.00. The minimum atomic E-state index is -2.65. The van der Waals surface area contributed by atoms with Gasteiger partial charge in [0, 0.05) is 0 Å². The van der Waals surface area contributed by atoms with Crippen molar-refractivity contribution in [3.63, 3.8) is 0 Å². The average molecular weight is 137 g/mol. The van der Waals surface area contributed by atoms with Crippen molar-refractivity contribution in [1.29, 1.82) is 0 Å². The van der Waals surface area contributed by atoms with Gasteiger partial charge in [0.05, 0.1) is 0 Å². The van der Waals surface area contributed by atoms with E-state index in [1.54, 1.807) is 0 Å². The zero-order chi connectivity index (χ0) is 5.91. The van der Waals surface area contributed by atoms with Gasteiger partial charge in [-0.25, -0.2) is 0 Å². The van der Waals surface area contributed by atoms with E-state index in [2.05, 4.69) is 13.2 Å². The third-order valence-corrected chi connectivity index (χ3v) is 2.32. The summed E-state index contributed by atoms with van der Waals surface area (Å²) in [6.45, 7) is 3.82. The molecule has 0 N–H and O–H groups in total. The summed E-state index contributed by atoms with van der Waals surface area (Å²) in [5, 5.41) is 0. The summed E-state index contributed by atoms with van der Waals surface area (Å²) in [5.41, 5.74) is 0. The van der Waals surface area contributed by atoms with Gasteiger partial charge in [-0.1, -0.05) is 13.2 Å². The van der Waals surface area contributed by atoms with E-state index in [1.165, 1.54) is 11.6 Å². The number of rotatable bonds is 2. The third kappa shape index (κ3) is 2.67. The van der Waals surface area contributed by atoms with Crippen molar-refractivity contribution in [1.82, 2.24) is 0 Å². The molecule has 0 aromatic rings. The van der Waals surface area contributed by atoms with Crippen molar-refractivity contribution in [3.8, 4) is 0 Å². The molecule has 0 aromatic heterocycles. The SMILES string of the molecule is C=CP(=O)(Cl)C=C. The second-order valence-corrected chi connectivity index (χ2v) is 4.55. The van der Waals surface area contributed by atoms with Crippen LogP contribution in [0.5, 0.6) is 0 Å². The van der Waals surface area contributed by atoms with Gasteiger partial charge < -0.3 is 0 Å². The van der Waals surface area contributed by atoms with Gasteiger partial charge in [-0.2, -0.15) is 0 Å². The molecule has 40 valence electrons. The fourth-order valence-corrected chi connectivity index (χ4v) is 0.224. The molecular weight excluding hydrogens is 130 g/mol. The lowest BCUT2D eigenvalue weighted by atomic mass is 11.3. The van der Waals surface area contributed by atoms with E-state index in [-0.39, 0.29) is 0 Å². The normalized spacial score (nSPS) is 10.4. The second-order valence-electron chi connectivity index (χ2n) is 0.989. The van der Waals surface area contributed by atoms with Crippen molar-refractivity contribution in [2.24, 2.45) is 0 Å². The lowest BCUT2D eigenvalue weighted by molar-refractivity contribution is 0.594. The average Bonchev–Trinajstić information content (AvgIpc) is 1.68. The molecule has 0 aliphatic rings. The van der Waals surface area contributed by atoms with Crippen molar-refractivity contribution in [3.05, 3.63) is 24.8 Å². The van der Waals surface area contributed by atoms with Crippen molar-refractivity contribution in [2.45, 2.75) is 0 Å². The molecular formula is C4H6ClOP. The first-order valence-corrected chi connectivity index (χ1v) is 4.43. The predicted molar refractivity (Wildman–Crippen MR) is 33.9 cm³/mol. The zero-order valence-electron chi connectivity index (χ0n) is 3.80. The second kappa shape index (κ2) is 2.34. The smallest absolute Gasteiger partial charge is 0.210 e. The summed E-state index contributed by atoms with van der Waals surface area (Å²) in [7, 11) is 0. The highest BCUT2D eigenvalue weighted by molar-refractivity contribution is 7.93. The highest BCUT2D eigenvalue weighted by Crippen LogP contribution is 2.53. The maximum absolute atomic E-state index is 10.5. The number of hydrogen-bond acceptors (Lipinski definition) is 1. The van der Waals surface area contributed by atoms with E-state index in [0.717, 1.165) is 0 Å². The van der Waals surface area contributed by atoms with Crippen LogP contribution in [0.3, 0.4) is 0 Å². The topological polar surface area (TPSA) is 17.1 Å². The van der Waals surface area contributed by atoms with Crippen LogP contribution in [0.15, 0.2) is 24.8 Å². The van der Waals surface area contributed by atoms with Crippen LogP contribution >= 0.6 is 17.7 Å². The fraction of sp³-hybridized carbons (Fsp3) is 0. The van der Waals surface area contributed by atoms with Crippen molar-refractivity contribution >= 4 is 17.7 Å². The molecule has 0 aliphatic heterocycles. The Morgan fingerprint density at radius 3 is 1.71 bits per heavy atom. The highest BCUT2D eigenvalue weighted by Gasteiger charge is 2.02. The number of hydrogen-bond donors (Lipinski definition) is 0. The predicted octanol–water partition coefficient (Wildman–Crippen LogP) is 2.79. The van der Waals surface area contributed by atoms with Crippen LogP contribution in [0.2, 0.25) is 0 Å². The fourth-order valence-electron chi connectivity index (χ4n) is 0.0745. The zero-order valence-corrected chi connectivity index (χ0v) is 5.45. The molecule has 0 atom stereocenters. The minimum absolute atomic E-state index is 1.20. The Bertz CT molecular complexity index is 118. The van der Waals surface area contributed by atoms with Gasteiger partial charge in [-0.15, -0.1) is 0 Å². The van der Waals surface area contributed by atoms with Crippen LogP contribution in [0, 0.1) is 0 Å². The van der Waals surface area contributed by atoms with Crippen LogP contribution in [-0.4, -0.2) is 0 Å². The summed E-state index contributed by atoms with van der Waals surface area (Å²) in [4.78, 5) is 0. The quantitative estimate of drug-likeness (QED) is 0.534. The molecule has 0 amide bonds. The molecule has 0 radical (unpaired) electrons.